The lowest BCUT2D eigenvalue weighted by atomic mass is 9.49. The fraction of sp³-hybridized carbons (Fsp3) is 0.588. The summed E-state index contributed by atoms with van der Waals surface area (Å²) in [5, 5.41) is 34.9. The summed E-state index contributed by atoms with van der Waals surface area (Å²) in [5.74, 6) is 0.571. The Kier molecular flexibility index (Phi) is 2.37. The van der Waals surface area contributed by atoms with Crippen LogP contribution in [-0.4, -0.2) is 57.4 Å². The molecule has 2 aliphatic carbocycles. The molecule has 3 N–H and O–H groups in total. The fourth-order valence-electron chi connectivity index (χ4n) is 5.65. The first-order valence-corrected chi connectivity index (χ1v) is 8.18. The number of ether oxygens (including phenoxy) is 1. The van der Waals surface area contributed by atoms with Gasteiger partial charge in [-0.15, -0.1) is 0 Å². The van der Waals surface area contributed by atoms with Gasteiger partial charge in [0.2, 0.25) is 0 Å². The molecule has 0 radical (unpaired) electrons. The lowest BCUT2D eigenvalue weighted by molar-refractivity contribution is -0.161. The van der Waals surface area contributed by atoms with Crippen molar-refractivity contribution in [1.29, 1.82) is 0 Å². The molecule has 23 heavy (non-hydrogen) atoms. The normalized spacial score (nSPS) is 42.4. The molecule has 4 aliphatic rings. The van der Waals surface area contributed by atoms with Crippen LogP contribution >= 0.6 is 0 Å². The van der Waals surface area contributed by atoms with Crippen LogP contribution in [0.5, 0.6) is 11.5 Å². The minimum absolute atomic E-state index is 0.0191. The first kappa shape index (κ1) is 13.6. The van der Waals surface area contributed by atoms with Crippen LogP contribution in [0.15, 0.2) is 17.3 Å². The van der Waals surface area contributed by atoms with Crippen LogP contribution in [0.1, 0.15) is 30.4 Å². The van der Waals surface area contributed by atoms with E-state index in [4.69, 9.17) is 4.74 Å². The highest BCUT2D eigenvalue weighted by atomic mass is 16.5. The number of benzene rings is 1. The molecule has 0 amide bonds. The maximum absolute atomic E-state index is 11.7. The van der Waals surface area contributed by atoms with Gasteiger partial charge in [-0.1, -0.05) is 11.2 Å². The van der Waals surface area contributed by atoms with Gasteiger partial charge in [0, 0.05) is 11.6 Å². The number of hydrogen-bond acceptors (Lipinski definition) is 6. The lowest BCUT2D eigenvalue weighted by Crippen LogP contribution is -2.76. The van der Waals surface area contributed by atoms with Crippen LogP contribution in [0.4, 0.5) is 0 Å². The molecule has 6 heteroatoms. The predicted octanol–water partition coefficient (Wildman–Crippen LogP) is 1.01. The number of rotatable bonds is 0. The van der Waals surface area contributed by atoms with Crippen molar-refractivity contribution in [3.63, 3.8) is 0 Å². The van der Waals surface area contributed by atoms with Crippen molar-refractivity contribution in [1.82, 2.24) is 4.90 Å². The smallest absolute Gasteiger partial charge is 0.166 e. The Labute approximate surface area is 134 Å². The number of phenols is 1. The first-order valence-electron chi connectivity index (χ1n) is 8.18. The number of aromatic hydroxyl groups is 1. The summed E-state index contributed by atoms with van der Waals surface area (Å²) in [4.78, 5) is 2.23. The molecule has 4 unspecified atom stereocenters. The van der Waals surface area contributed by atoms with Gasteiger partial charge in [0.1, 0.15) is 0 Å². The van der Waals surface area contributed by atoms with Crippen LogP contribution in [-0.2, 0) is 11.8 Å². The van der Waals surface area contributed by atoms with E-state index in [1.165, 1.54) is 0 Å². The van der Waals surface area contributed by atoms with E-state index in [0.717, 1.165) is 30.5 Å². The van der Waals surface area contributed by atoms with Crippen molar-refractivity contribution in [2.24, 2.45) is 5.16 Å². The third kappa shape index (κ3) is 1.29. The highest BCUT2D eigenvalue weighted by Crippen LogP contribution is 2.64. The number of nitrogens with zero attached hydrogens (tertiary/aromatic N) is 2. The molecular weight excluding hydrogens is 296 g/mol. The Balaban J connectivity index is 1.86. The van der Waals surface area contributed by atoms with Gasteiger partial charge in [0.05, 0.1) is 16.7 Å². The van der Waals surface area contributed by atoms with Crippen LogP contribution in [0.2, 0.25) is 0 Å². The maximum atomic E-state index is 11.7. The van der Waals surface area contributed by atoms with Crippen LogP contribution in [0, 0.1) is 0 Å². The van der Waals surface area contributed by atoms with Crippen molar-refractivity contribution >= 4 is 5.71 Å². The lowest BCUT2D eigenvalue weighted by Gasteiger charge is -2.62. The third-order valence-electron chi connectivity index (χ3n) is 6.67. The van der Waals surface area contributed by atoms with Crippen LogP contribution in [0.3, 0.4) is 0 Å². The number of oxime groups is 1. The summed E-state index contributed by atoms with van der Waals surface area (Å²) in [5.41, 5.74) is 1.09. The quantitative estimate of drug-likeness (QED) is 0.491. The molecule has 0 aromatic heterocycles. The van der Waals surface area contributed by atoms with Crippen LogP contribution in [0.25, 0.3) is 0 Å². The molecule has 2 heterocycles. The third-order valence-corrected chi connectivity index (χ3v) is 6.67. The second kappa shape index (κ2) is 3.99. The second-order valence-corrected chi connectivity index (χ2v) is 7.38. The monoisotopic (exact) mass is 316 g/mol. The van der Waals surface area contributed by atoms with Gasteiger partial charge in [0.25, 0.3) is 0 Å². The zero-order valence-electron chi connectivity index (χ0n) is 13.0. The molecule has 122 valence electrons. The minimum atomic E-state index is -0.926. The second-order valence-electron chi connectivity index (χ2n) is 7.38. The Morgan fingerprint density at radius 1 is 1.35 bits per heavy atom. The number of phenolic OH excluding ortho intramolecular Hbond substituents is 1. The number of piperidine rings is 1. The number of likely N-dealkylation sites (N-methyl/N-ethyl adjacent to an activating group) is 1. The summed E-state index contributed by atoms with van der Waals surface area (Å²) in [6.45, 7) is 0.847. The number of aliphatic hydroxyl groups is 1. The van der Waals surface area contributed by atoms with E-state index in [1.807, 2.05) is 6.07 Å². The van der Waals surface area contributed by atoms with E-state index < -0.39 is 17.1 Å². The molecule has 1 aromatic rings. The van der Waals surface area contributed by atoms with Gasteiger partial charge in [-0.25, -0.2) is 0 Å². The number of hydrogen-bond donors (Lipinski definition) is 3. The van der Waals surface area contributed by atoms with E-state index in [1.54, 1.807) is 6.07 Å². The van der Waals surface area contributed by atoms with Crippen molar-refractivity contribution in [3.05, 3.63) is 23.3 Å². The minimum Gasteiger partial charge on any atom is -0.504 e. The topological polar surface area (TPSA) is 85.5 Å². The van der Waals surface area contributed by atoms with Gasteiger partial charge in [-0.2, -0.15) is 0 Å². The first-order chi connectivity index (χ1) is 11.0. The van der Waals surface area contributed by atoms with E-state index in [9.17, 15) is 15.4 Å². The van der Waals surface area contributed by atoms with Gasteiger partial charge in [-0.05, 0) is 50.9 Å². The Morgan fingerprint density at radius 3 is 2.96 bits per heavy atom. The highest BCUT2D eigenvalue weighted by Gasteiger charge is 2.72. The zero-order chi connectivity index (χ0) is 16.0. The molecule has 5 rings (SSSR count). The Bertz CT molecular complexity index is 748. The summed E-state index contributed by atoms with van der Waals surface area (Å²) in [6, 6.07) is 3.63. The van der Waals surface area contributed by atoms with Gasteiger partial charge in [-0.3, -0.25) is 0 Å². The van der Waals surface area contributed by atoms with Crippen molar-refractivity contribution < 1.29 is 20.2 Å². The van der Waals surface area contributed by atoms with E-state index >= 15 is 0 Å². The average Bonchev–Trinajstić information content (AvgIpc) is 2.89. The zero-order valence-corrected chi connectivity index (χ0v) is 13.0. The summed E-state index contributed by atoms with van der Waals surface area (Å²) >= 11 is 0. The maximum Gasteiger partial charge on any atom is 0.166 e. The molecule has 2 fully saturated rings. The highest BCUT2D eigenvalue weighted by molar-refractivity contribution is 5.94. The van der Waals surface area contributed by atoms with Gasteiger partial charge in [0.15, 0.2) is 17.6 Å². The molecule has 1 saturated heterocycles. The molecule has 6 nitrogen and oxygen atoms in total. The van der Waals surface area contributed by atoms with Crippen molar-refractivity contribution in [2.75, 3.05) is 13.6 Å². The Morgan fingerprint density at radius 2 is 2.17 bits per heavy atom. The summed E-state index contributed by atoms with van der Waals surface area (Å²) in [6.07, 6.45) is 2.04. The SMILES string of the molecule is CN1CCC23c4c5ccc(O)c4OC2/C(=N\O)CCC3(O)C1C5. The molecule has 2 bridgehead atoms. The van der Waals surface area contributed by atoms with Crippen LogP contribution < -0.4 is 4.74 Å². The van der Waals surface area contributed by atoms with E-state index in [0.29, 0.717) is 24.3 Å². The standard InChI is InChI=1S/C17H20N2O4/c1-19-7-6-16-13-9-2-3-11(20)14(13)23-15(16)10(18-22)4-5-17(16,21)12(19)8-9/h2-3,12,15,20-22H,4-8H2,1H3/b18-10-. The molecule has 1 spiro atoms. The van der Waals surface area contributed by atoms with Gasteiger partial charge >= 0.3 is 0 Å². The van der Waals surface area contributed by atoms with E-state index in [2.05, 4.69) is 17.1 Å². The summed E-state index contributed by atoms with van der Waals surface area (Å²) < 4.78 is 6.09. The van der Waals surface area contributed by atoms with Crippen molar-refractivity contribution in [3.8, 4) is 11.5 Å². The van der Waals surface area contributed by atoms with Crippen molar-refractivity contribution in [2.45, 2.75) is 48.8 Å². The molecule has 1 aromatic carbocycles. The predicted molar refractivity (Wildman–Crippen MR) is 82.3 cm³/mol. The molecular formula is C17H20N2O4. The van der Waals surface area contributed by atoms with E-state index in [-0.39, 0.29) is 11.8 Å². The molecule has 2 aliphatic heterocycles. The molecule has 4 atom stereocenters. The number of likely N-dealkylation sites (tertiary alicyclic amines) is 1. The summed E-state index contributed by atoms with van der Waals surface area (Å²) in [7, 11) is 2.06. The van der Waals surface area contributed by atoms with Gasteiger partial charge < -0.3 is 25.1 Å². The molecule has 1 saturated carbocycles. The fourth-order valence-corrected chi connectivity index (χ4v) is 5.65. The Hall–Kier alpha value is -1.79. The largest absolute Gasteiger partial charge is 0.504 e. The average molecular weight is 316 g/mol.